The first kappa shape index (κ1) is 15.1. The van der Waals surface area contributed by atoms with Crippen LogP contribution in [0.5, 0.6) is 11.5 Å². The number of hydrazone groups is 1. The lowest BCUT2D eigenvalue weighted by atomic mass is 10.1. The highest BCUT2D eigenvalue weighted by atomic mass is 79.9. The van der Waals surface area contributed by atoms with E-state index >= 15 is 0 Å². The van der Waals surface area contributed by atoms with Crippen LogP contribution in [-0.4, -0.2) is 21.8 Å². The summed E-state index contributed by atoms with van der Waals surface area (Å²) in [7, 11) is 0. The van der Waals surface area contributed by atoms with E-state index in [0.717, 1.165) is 0 Å². The van der Waals surface area contributed by atoms with Crippen LogP contribution in [-0.2, 0) is 0 Å². The number of carbonyl (C=O) groups is 1. The van der Waals surface area contributed by atoms with Crippen LogP contribution in [0.4, 0.5) is 0 Å². The summed E-state index contributed by atoms with van der Waals surface area (Å²) in [6.45, 7) is 1.65. The number of hydrogen-bond donors (Lipinski definition) is 3. The second kappa shape index (κ2) is 6.41. The molecular weight excluding hydrogens is 336 g/mol. The van der Waals surface area contributed by atoms with Crippen molar-refractivity contribution in [3.05, 3.63) is 58.1 Å². The van der Waals surface area contributed by atoms with Gasteiger partial charge in [-0.05, 0) is 47.1 Å². The largest absolute Gasteiger partial charge is 0.508 e. The molecule has 0 aliphatic rings. The molecule has 2 aromatic rings. The number of benzene rings is 2. The summed E-state index contributed by atoms with van der Waals surface area (Å²) in [5.41, 5.74) is 3.74. The van der Waals surface area contributed by atoms with Crippen LogP contribution in [0.2, 0.25) is 0 Å². The summed E-state index contributed by atoms with van der Waals surface area (Å²) in [6.07, 6.45) is 0. The van der Waals surface area contributed by atoms with Gasteiger partial charge >= 0.3 is 0 Å². The maximum Gasteiger partial charge on any atom is 0.272 e. The predicted molar refractivity (Wildman–Crippen MR) is 83.6 cm³/mol. The predicted octanol–water partition coefficient (Wildman–Crippen LogP) is 3.01. The lowest BCUT2D eigenvalue weighted by molar-refractivity contribution is 0.0954. The van der Waals surface area contributed by atoms with E-state index in [1.54, 1.807) is 25.1 Å². The number of rotatable bonds is 3. The molecule has 0 aliphatic carbocycles. The zero-order valence-corrected chi connectivity index (χ0v) is 12.8. The second-order valence-electron chi connectivity index (χ2n) is 4.32. The summed E-state index contributed by atoms with van der Waals surface area (Å²) >= 11 is 3.29. The van der Waals surface area contributed by atoms with E-state index in [9.17, 15) is 15.0 Å². The van der Waals surface area contributed by atoms with E-state index in [2.05, 4.69) is 26.5 Å². The molecule has 0 atom stereocenters. The third kappa shape index (κ3) is 3.61. The number of nitrogens with one attached hydrogen (secondary N) is 1. The third-order valence-corrected chi connectivity index (χ3v) is 3.51. The maximum absolute atomic E-state index is 12.0. The van der Waals surface area contributed by atoms with E-state index in [0.29, 0.717) is 21.3 Å². The van der Waals surface area contributed by atoms with Gasteiger partial charge in [-0.25, -0.2) is 5.43 Å². The standard InChI is InChI=1S/C15H13BrN2O3/c1-9(11-7-6-10(19)8-14(11)20)17-18-15(21)12-4-2-3-5-13(12)16/h2-8,19-20H,1H3,(H,18,21)/b17-9+. The van der Waals surface area contributed by atoms with Gasteiger partial charge in [-0.2, -0.15) is 5.10 Å². The Morgan fingerprint density at radius 2 is 1.86 bits per heavy atom. The first-order valence-corrected chi connectivity index (χ1v) is 6.90. The van der Waals surface area contributed by atoms with Gasteiger partial charge in [0.1, 0.15) is 11.5 Å². The molecule has 0 fully saturated rings. The summed E-state index contributed by atoms with van der Waals surface area (Å²) in [5.74, 6) is -0.507. The SMILES string of the molecule is C/C(=N\NC(=O)c1ccccc1Br)c1ccc(O)cc1O. The molecule has 5 nitrogen and oxygen atoms in total. The van der Waals surface area contributed by atoms with Crippen LogP contribution in [0, 0.1) is 0 Å². The number of nitrogens with zero attached hydrogens (tertiary/aromatic N) is 1. The molecule has 2 rings (SSSR count). The number of halogens is 1. The monoisotopic (exact) mass is 348 g/mol. The number of phenols is 2. The minimum Gasteiger partial charge on any atom is -0.508 e. The first-order chi connectivity index (χ1) is 9.99. The van der Waals surface area contributed by atoms with Gasteiger partial charge < -0.3 is 10.2 Å². The van der Waals surface area contributed by atoms with Crippen molar-refractivity contribution in [2.24, 2.45) is 5.10 Å². The second-order valence-corrected chi connectivity index (χ2v) is 5.17. The topological polar surface area (TPSA) is 81.9 Å². The van der Waals surface area contributed by atoms with Crippen LogP contribution in [0.15, 0.2) is 52.0 Å². The Labute approximate surface area is 130 Å². The Morgan fingerprint density at radius 1 is 1.14 bits per heavy atom. The van der Waals surface area contributed by atoms with Crippen molar-refractivity contribution in [2.75, 3.05) is 0 Å². The molecule has 2 aromatic carbocycles. The van der Waals surface area contributed by atoms with Crippen molar-refractivity contribution in [3.63, 3.8) is 0 Å². The van der Waals surface area contributed by atoms with Gasteiger partial charge in [0.05, 0.1) is 11.3 Å². The number of amides is 1. The smallest absolute Gasteiger partial charge is 0.272 e. The highest BCUT2D eigenvalue weighted by Crippen LogP contribution is 2.23. The fourth-order valence-corrected chi connectivity index (χ4v) is 2.19. The molecule has 0 bridgehead atoms. The zero-order valence-electron chi connectivity index (χ0n) is 11.2. The molecule has 0 heterocycles. The fraction of sp³-hybridized carbons (Fsp3) is 0.0667. The highest BCUT2D eigenvalue weighted by molar-refractivity contribution is 9.10. The quantitative estimate of drug-likeness (QED) is 0.589. The molecule has 1 amide bonds. The number of hydrogen-bond acceptors (Lipinski definition) is 4. The van der Waals surface area contributed by atoms with Gasteiger partial charge in [0.15, 0.2) is 0 Å². The van der Waals surface area contributed by atoms with Gasteiger partial charge in [-0.1, -0.05) is 12.1 Å². The van der Waals surface area contributed by atoms with Crippen molar-refractivity contribution in [1.82, 2.24) is 5.43 Å². The summed E-state index contributed by atoms with van der Waals surface area (Å²) in [6, 6.07) is 11.2. The molecule has 108 valence electrons. The number of carbonyl (C=O) groups excluding carboxylic acids is 1. The zero-order chi connectivity index (χ0) is 15.4. The van der Waals surface area contributed by atoms with Crippen LogP contribution in [0.25, 0.3) is 0 Å². The van der Waals surface area contributed by atoms with Crippen molar-refractivity contribution in [2.45, 2.75) is 6.92 Å². The van der Waals surface area contributed by atoms with E-state index < -0.39 is 0 Å². The molecule has 0 saturated heterocycles. The van der Waals surface area contributed by atoms with Crippen LogP contribution in [0.3, 0.4) is 0 Å². The molecule has 0 saturated carbocycles. The van der Waals surface area contributed by atoms with Gasteiger partial charge in [0, 0.05) is 16.1 Å². The average Bonchev–Trinajstić information content (AvgIpc) is 2.45. The van der Waals surface area contributed by atoms with Crippen molar-refractivity contribution < 1.29 is 15.0 Å². The summed E-state index contributed by atoms with van der Waals surface area (Å²) in [5, 5.41) is 22.9. The average molecular weight is 349 g/mol. The molecule has 21 heavy (non-hydrogen) atoms. The summed E-state index contributed by atoms with van der Waals surface area (Å²) in [4.78, 5) is 12.0. The molecule has 0 unspecified atom stereocenters. The Hall–Kier alpha value is -2.34. The molecule has 0 aliphatic heterocycles. The third-order valence-electron chi connectivity index (χ3n) is 2.81. The fourth-order valence-electron chi connectivity index (χ4n) is 1.73. The van der Waals surface area contributed by atoms with E-state index in [1.165, 1.54) is 18.2 Å². The minimum absolute atomic E-state index is 0.0405. The molecule has 3 N–H and O–H groups in total. The Balaban J connectivity index is 2.17. The van der Waals surface area contributed by atoms with Gasteiger partial charge in [-0.3, -0.25) is 4.79 Å². The molecule has 0 aromatic heterocycles. The molecular formula is C15H13BrN2O3. The van der Waals surface area contributed by atoms with Crippen molar-refractivity contribution in [1.29, 1.82) is 0 Å². The Kier molecular flexibility index (Phi) is 4.59. The van der Waals surface area contributed by atoms with Crippen molar-refractivity contribution in [3.8, 4) is 11.5 Å². The van der Waals surface area contributed by atoms with Crippen LogP contribution >= 0.6 is 15.9 Å². The van der Waals surface area contributed by atoms with Gasteiger partial charge in [0.25, 0.3) is 5.91 Å². The number of phenolic OH excluding ortho intramolecular Hbond substituents is 2. The lowest BCUT2D eigenvalue weighted by Gasteiger charge is -2.06. The van der Waals surface area contributed by atoms with Crippen LogP contribution < -0.4 is 5.43 Å². The van der Waals surface area contributed by atoms with E-state index in [4.69, 9.17) is 0 Å². The van der Waals surface area contributed by atoms with Crippen LogP contribution in [0.1, 0.15) is 22.8 Å². The molecule has 6 heteroatoms. The van der Waals surface area contributed by atoms with Crippen molar-refractivity contribution >= 4 is 27.5 Å². The van der Waals surface area contributed by atoms with Gasteiger partial charge in [-0.15, -0.1) is 0 Å². The maximum atomic E-state index is 12.0. The minimum atomic E-state index is -0.361. The summed E-state index contributed by atoms with van der Waals surface area (Å²) < 4.78 is 0.669. The Bertz CT molecular complexity index is 714. The highest BCUT2D eigenvalue weighted by Gasteiger charge is 2.10. The Morgan fingerprint density at radius 3 is 2.52 bits per heavy atom. The van der Waals surface area contributed by atoms with E-state index in [-0.39, 0.29) is 17.4 Å². The van der Waals surface area contributed by atoms with E-state index in [1.807, 2.05) is 6.07 Å². The molecule has 0 radical (unpaired) electrons. The number of aromatic hydroxyl groups is 2. The normalized spacial score (nSPS) is 11.2. The molecule has 0 spiro atoms. The lowest BCUT2D eigenvalue weighted by Crippen LogP contribution is -2.19. The van der Waals surface area contributed by atoms with Gasteiger partial charge in [0.2, 0.25) is 0 Å². The first-order valence-electron chi connectivity index (χ1n) is 6.10.